The molecule has 4 nitrogen and oxygen atoms in total. The summed E-state index contributed by atoms with van der Waals surface area (Å²) in [6.45, 7) is 3.42. The van der Waals surface area contributed by atoms with Gasteiger partial charge in [0.15, 0.2) is 18.2 Å². The molecule has 1 aromatic rings. The van der Waals surface area contributed by atoms with Gasteiger partial charge in [0, 0.05) is 13.1 Å². The Morgan fingerprint density at radius 3 is 3.06 bits per heavy atom. The summed E-state index contributed by atoms with van der Waals surface area (Å²) >= 11 is 0. The number of hydrogen-bond acceptors (Lipinski definition) is 3. The van der Waals surface area contributed by atoms with Crippen LogP contribution in [0.4, 0.5) is 4.39 Å². The molecule has 0 aromatic heterocycles. The van der Waals surface area contributed by atoms with Gasteiger partial charge in [-0.15, -0.1) is 0 Å². The van der Waals surface area contributed by atoms with Crippen molar-refractivity contribution < 1.29 is 18.7 Å². The molecule has 1 aromatic carbocycles. The van der Waals surface area contributed by atoms with Crippen LogP contribution < -0.4 is 4.74 Å². The molecular formula is C13H16FNO3. The second-order valence-corrected chi connectivity index (χ2v) is 4.24. The zero-order valence-electron chi connectivity index (χ0n) is 10.3. The number of morpholine rings is 1. The van der Waals surface area contributed by atoms with Crippen LogP contribution in [-0.2, 0) is 9.53 Å². The van der Waals surface area contributed by atoms with Gasteiger partial charge in [0.2, 0.25) is 0 Å². The average molecular weight is 253 g/mol. The highest BCUT2D eigenvalue weighted by atomic mass is 19.1. The highest BCUT2D eigenvalue weighted by Crippen LogP contribution is 2.15. The van der Waals surface area contributed by atoms with E-state index >= 15 is 0 Å². The van der Waals surface area contributed by atoms with E-state index in [0.717, 1.165) is 0 Å². The normalized spacial score (nSPS) is 19.7. The number of halogens is 1. The molecule has 0 bridgehead atoms. The molecule has 98 valence electrons. The number of nitrogens with zero attached hydrogens (tertiary/aromatic N) is 1. The average Bonchev–Trinajstić information content (AvgIpc) is 2.37. The van der Waals surface area contributed by atoms with E-state index in [1.807, 2.05) is 6.92 Å². The maximum atomic E-state index is 13.3. The van der Waals surface area contributed by atoms with Crippen LogP contribution in [0, 0.1) is 5.82 Å². The first-order chi connectivity index (χ1) is 8.66. The van der Waals surface area contributed by atoms with Crippen LogP contribution in [0.15, 0.2) is 24.3 Å². The summed E-state index contributed by atoms with van der Waals surface area (Å²) < 4.78 is 23.8. The number of benzene rings is 1. The Kier molecular flexibility index (Phi) is 4.15. The lowest BCUT2D eigenvalue weighted by Crippen LogP contribution is -2.46. The van der Waals surface area contributed by atoms with Crippen molar-refractivity contribution in [2.45, 2.75) is 13.0 Å². The predicted molar refractivity (Wildman–Crippen MR) is 63.9 cm³/mol. The first-order valence-corrected chi connectivity index (χ1v) is 5.93. The summed E-state index contributed by atoms with van der Waals surface area (Å²) in [5.74, 6) is -0.499. The number of carbonyl (C=O) groups excluding carboxylic acids is 1. The summed E-state index contributed by atoms with van der Waals surface area (Å²) in [5, 5.41) is 0. The number of para-hydroxylation sites is 1. The van der Waals surface area contributed by atoms with Crippen molar-refractivity contribution in [3.8, 4) is 5.75 Å². The van der Waals surface area contributed by atoms with Gasteiger partial charge in [-0.2, -0.15) is 0 Å². The Morgan fingerprint density at radius 2 is 2.33 bits per heavy atom. The molecule has 5 heteroatoms. The van der Waals surface area contributed by atoms with Crippen LogP contribution in [-0.4, -0.2) is 43.2 Å². The molecule has 0 aliphatic carbocycles. The number of hydrogen-bond donors (Lipinski definition) is 0. The summed E-state index contributed by atoms with van der Waals surface area (Å²) in [4.78, 5) is 13.5. The highest BCUT2D eigenvalue weighted by molar-refractivity contribution is 5.77. The Morgan fingerprint density at radius 1 is 1.56 bits per heavy atom. The minimum Gasteiger partial charge on any atom is -0.481 e. The summed E-state index contributed by atoms with van der Waals surface area (Å²) in [6.07, 6.45) is 0.0381. The molecule has 1 aliphatic heterocycles. The van der Waals surface area contributed by atoms with Gasteiger partial charge in [0.25, 0.3) is 5.91 Å². The molecule has 1 heterocycles. The van der Waals surface area contributed by atoms with E-state index in [2.05, 4.69) is 0 Å². The van der Waals surface area contributed by atoms with E-state index in [-0.39, 0.29) is 24.4 Å². The summed E-state index contributed by atoms with van der Waals surface area (Å²) in [7, 11) is 0. The lowest BCUT2D eigenvalue weighted by Gasteiger charge is -2.31. The topological polar surface area (TPSA) is 38.8 Å². The molecule has 1 unspecified atom stereocenters. The van der Waals surface area contributed by atoms with Crippen LogP contribution in [0.5, 0.6) is 5.75 Å². The monoisotopic (exact) mass is 253 g/mol. The van der Waals surface area contributed by atoms with Crippen molar-refractivity contribution in [2.75, 3.05) is 26.3 Å². The molecule has 0 saturated carbocycles. The summed E-state index contributed by atoms with van der Waals surface area (Å²) in [6, 6.07) is 6.05. The fourth-order valence-electron chi connectivity index (χ4n) is 1.84. The number of rotatable bonds is 3. The predicted octanol–water partition coefficient (Wildman–Crippen LogP) is 1.45. The van der Waals surface area contributed by atoms with Crippen molar-refractivity contribution in [1.29, 1.82) is 0 Å². The molecule has 1 amide bonds. The SMILES string of the molecule is CC1CN(C(=O)COc2ccccc2F)CCO1. The fourth-order valence-corrected chi connectivity index (χ4v) is 1.84. The molecule has 0 radical (unpaired) electrons. The zero-order valence-corrected chi connectivity index (χ0v) is 10.3. The van der Waals surface area contributed by atoms with Gasteiger partial charge in [-0.25, -0.2) is 4.39 Å². The molecule has 0 N–H and O–H groups in total. The molecule has 0 spiro atoms. The van der Waals surface area contributed by atoms with E-state index in [9.17, 15) is 9.18 Å². The Bertz CT molecular complexity index is 424. The maximum absolute atomic E-state index is 13.3. The third-order valence-electron chi connectivity index (χ3n) is 2.78. The van der Waals surface area contributed by atoms with Crippen molar-refractivity contribution in [3.05, 3.63) is 30.1 Å². The quantitative estimate of drug-likeness (QED) is 0.818. The number of amides is 1. The maximum Gasteiger partial charge on any atom is 0.260 e. The molecule has 18 heavy (non-hydrogen) atoms. The number of carbonyl (C=O) groups is 1. The fraction of sp³-hybridized carbons (Fsp3) is 0.462. The van der Waals surface area contributed by atoms with Crippen LogP contribution in [0.2, 0.25) is 0 Å². The molecule has 1 aliphatic rings. The standard InChI is InChI=1S/C13H16FNO3/c1-10-8-15(6-7-17-10)13(16)9-18-12-5-3-2-4-11(12)14/h2-5,10H,6-9H2,1H3. The van der Waals surface area contributed by atoms with E-state index in [0.29, 0.717) is 19.7 Å². The molecule has 1 atom stereocenters. The smallest absolute Gasteiger partial charge is 0.260 e. The third kappa shape index (κ3) is 3.20. The van der Waals surface area contributed by atoms with Crippen LogP contribution in [0.25, 0.3) is 0 Å². The Balaban J connectivity index is 1.86. The minimum atomic E-state index is -0.458. The zero-order chi connectivity index (χ0) is 13.0. The second kappa shape index (κ2) is 5.82. The van der Waals surface area contributed by atoms with Crippen molar-refractivity contribution >= 4 is 5.91 Å². The minimum absolute atomic E-state index is 0.0381. The van der Waals surface area contributed by atoms with E-state index < -0.39 is 5.82 Å². The molecule has 1 saturated heterocycles. The van der Waals surface area contributed by atoms with E-state index in [1.165, 1.54) is 12.1 Å². The van der Waals surface area contributed by atoms with Gasteiger partial charge in [-0.3, -0.25) is 4.79 Å². The van der Waals surface area contributed by atoms with Gasteiger partial charge in [0.1, 0.15) is 0 Å². The van der Waals surface area contributed by atoms with Crippen LogP contribution in [0.1, 0.15) is 6.92 Å². The first-order valence-electron chi connectivity index (χ1n) is 5.93. The lowest BCUT2D eigenvalue weighted by atomic mass is 10.3. The number of ether oxygens (including phenoxy) is 2. The Hall–Kier alpha value is -1.62. The molecular weight excluding hydrogens is 237 g/mol. The highest BCUT2D eigenvalue weighted by Gasteiger charge is 2.21. The lowest BCUT2D eigenvalue weighted by molar-refractivity contribution is -0.140. The van der Waals surface area contributed by atoms with Gasteiger partial charge in [0.05, 0.1) is 12.7 Å². The van der Waals surface area contributed by atoms with E-state index in [1.54, 1.807) is 17.0 Å². The summed E-state index contributed by atoms with van der Waals surface area (Å²) in [5.41, 5.74) is 0. The van der Waals surface area contributed by atoms with Crippen LogP contribution in [0.3, 0.4) is 0 Å². The van der Waals surface area contributed by atoms with Crippen molar-refractivity contribution in [2.24, 2.45) is 0 Å². The van der Waals surface area contributed by atoms with Gasteiger partial charge in [-0.1, -0.05) is 12.1 Å². The first kappa shape index (κ1) is 12.8. The van der Waals surface area contributed by atoms with Gasteiger partial charge < -0.3 is 14.4 Å². The second-order valence-electron chi connectivity index (χ2n) is 4.24. The molecule has 2 rings (SSSR count). The largest absolute Gasteiger partial charge is 0.481 e. The third-order valence-corrected chi connectivity index (χ3v) is 2.78. The van der Waals surface area contributed by atoms with E-state index in [4.69, 9.17) is 9.47 Å². The molecule has 1 fully saturated rings. The Labute approximate surface area is 105 Å². The van der Waals surface area contributed by atoms with Crippen molar-refractivity contribution in [3.63, 3.8) is 0 Å². The van der Waals surface area contributed by atoms with Crippen LogP contribution >= 0.6 is 0 Å². The van der Waals surface area contributed by atoms with Crippen molar-refractivity contribution in [1.82, 2.24) is 4.90 Å². The van der Waals surface area contributed by atoms with Gasteiger partial charge in [-0.05, 0) is 19.1 Å². The van der Waals surface area contributed by atoms with Gasteiger partial charge >= 0.3 is 0 Å².